The van der Waals surface area contributed by atoms with Crippen molar-refractivity contribution < 1.29 is 9.90 Å². The van der Waals surface area contributed by atoms with Gasteiger partial charge in [-0.2, -0.15) is 0 Å². The van der Waals surface area contributed by atoms with E-state index in [0.29, 0.717) is 6.54 Å². The van der Waals surface area contributed by atoms with Crippen LogP contribution in [0.4, 0.5) is 0 Å². The van der Waals surface area contributed by atoms with E-state index in [4.69, 9.17) is 0 Å². The van der Waals surface area contributed by atoms with E-state index < -0.39 is 12.0 Å². The van der Waals surface area contributed by atoms with E-state index in [0.717, 1.165) is 16.7 Å². The molecule has 0 heterocycles. The third kappa shape index (κ3) is 2.94. The summed E-state index contributed by atoms with van der Waals surface area (Å²) in [5.41, 5.74) is 2.86. The predicted molar refractivity (Wildman–Crippen MR) is 64.5 cm³/mol. The van der Waals surface area contributed by atoms with Crippen LogP contribution in [0.2, 0.25) is 0 Å². The number of nitrogens with one attached hydrogen (secondary N) is 1. The van der Waals surface area contributed by atoms with Gasteiger partial charge in [-0.3, -0.25) is 10.1 Å². The molecule has 1 atom stereocenters. The molecule has 0 aliphatic rings. The van der Waals surface area contributed by atoms with Crippen LogP contribution in [0.5, 0.6) is 0 Å². The summed E-state index contributed by atoms with van der Waals surface area (Å²) in [4.78, 5) is 11.2. The SMILES string of the molecule is C=CCNC(C(=O)O)c1cc(C)ccc1C. The Labute approximate surface area is 95.8 Å². The summed E-state index contributed by atoms with van der Waals surface area (Å²) in [5, 5.41) is 12.1. The highest BCUT2D eigenvalue weighted by atomic mass is 16.4. The molecule has 3 nitrogen and oxygen atoms in total. The quantitative estimate of drug-likeness (QED) is 0.746. The predicted octanol–water partition coefficient (Wildman–Crippen LogP) is 2.20. The molecular formula is C13H17NO2. The summed E-state index contributed by atoms with van der Waals surface area (Å²) in [6.45, 7) is 7.92. The van der Waals surface area contributed by atoms with Gasteiger partial charge in [0.2, 0.25) is 0 Å². The summed E-state index contributed by atoms with van der Waals surface area (Å²) in [6, 6.07) is 5.16. The number of rotatable bonds is 5. The highest BCUT2D eigenvalue weighted by Gasteiger charge is 2.20. The smallest absolute Gasteiger partial charge is 0.325 e. The van der Waals surface area contributed by atoms with E-state index >= 15 is 0 Å². The molecule has 0 bridgehead atoms. The van der Waals surface area contributed by atoms with Crippen LogP contribution < -0.4 is 5.32 Å². The number of aliphatic carboxylic acids is 1. The van der Waals surface area contributed by atoms with Crippen molar-refractivity contribution in [3.63, 3.8) is 0 Å². The van der Waals surface area contributed by atoms with Crippen LogP contribution in [-0.4, -0.2) is 17.6 Å². The minimum atomic E-state index is -0.865. The van der Waals surface area contributed by atoms with Crippen LogP contribution in [0, 0.1) is 13.8 Å². The molecule has 0 aromatic heterocycles. The molecule has 0 spiro atoms. The molecule has 2 N–H and O–H groups in total. The van der Waals surface area contributed by atoms with Gasteiger partial charge in [0, 0.05) is 6.54 Å². The zero-order chi connectivity index (χ0) is 12.1. The van der Waals surface area contributed by atoms with E-state index in [2.05, 4.69) is 11.9 Å². The van der Waals surface area contributed by atoms with Gasteiger partial charge in [-0.05, 0) is 25.0 Å². The lowest BCUT2D eigenvalue weighted by molar-refractivity contribution is -0.139. The molecular weight excluding hydrogens is 202 g/mol. The van der Waals surface area contributed by atoms with E-state index in [1.165, 1.54) is 0 Å². The Morgan fingerprint density at radius 1 is 1.56 bits per heavy atom. The van der Waals surface area contributed by atoms with Crippen LogP contribution in [0.1, 0.15) is 22.7 Å². The molecule has 0 radical (unpaired) electrons. The Morgan fingerprint density at radius 2 is 2.25 bits per heavy atom. The zero-order valence-electron chi connectivity index (χ0n) is 9.66. The number of carboxylic acid groups (broad SMARTS) is 1. The second-order valence-corrected chi connectivity index (χ2v) is 3.83. The molecule has 0 saturated carbocycles. The number of carboxylic acids is 1. The molecule has 0 fully saturated rings. The van der Waals surface area contributed by atoms with Gasteiger partial charge >= 0.3 is 5.97 Å². The van der Waals surface area contributed by atoms with Crippen molar-refractivity contribution in [1.82, 2.24) is 5.32 Å². The third-order valence-corrected chi connectivity index (χ3v) is 2.46. The fourth-order valence-corrected chi connectivity index (χ4v) is 1.60. The molecule has 0 amide bonds. The van der Waals surface area contributed by atoms with Gasteiger partial charge in [0.05, 0.1) is 0 Å². The maximum absolute atomic E-state index is 11.2. The Morgan fingerprint density at radius 3 is 2.81 bits per heavy atom. The Bertz CT molecular complexity index is 399. The van der Waals surface area contributed by atoms with Crippen molar-refractivity contribution in [1.29, 1.82) is 0 Å². The normalized spacial score (nSPS) is 12.1. The molecule has 1 unspecified atom stereocenters. The van der Waals surface area contributed by atoms with E-state index in [1.807, 2.05) is 32.0 Å². The molecule has 3 heteroatoms. The van der Waals surface area contributed by atoms with Gasteiger partial charge in [-0.1, -0.05) is 29.8 Å². The molecule has 0 saturated heterocycles. The maximum Gasteiger partial charge on any atom is 0.325 e. The zero-order valence-corrected chi connectivity index (χ0v) is 9.66. The van der Waals surface area contributed by atoms with E-state index in [-0.39, 0.29) is 0 Å². The van der Waals surface area contributed by atoms with E-state index in [1.54, 1.807) is 6.08 Å². The number of hydrogen-bond acceptors (Lipinski definition) is 2. The van der Waals surface area contributed by atoms with Crippen LogP contribution in [0.25, 0.3) is 0 Å². The van der Waals surface area contributed by atoms with Crippen LogP contribution in [0.3, 0.4) is 0 Å². The van der Waals surface area contributed by atoms with Gasteiger partial charge in [-0.25, -0.2) is 0 Å². The second-order valence-electron chi connectivity index (χ2n) is 3.83. The Kier molecular flexibility index (Phi) is 4.26. The van der Waals surface area contributed by atoms with Crippen LogP contribution in [-0.2, 0) is 4.79 Å². The fourth-order valence-electron chi connectivity index (χ4n) is 1.60. The molecule has 1 aromatic rings. The highest BCUT2D eigenvalue weighted by Crippen LogP contribution is 2.19. The van der Waals surface area contributed by atoms with Crippen molar-refractivity contribution in [2.75, 3.05) is 6.54 Å². The molecule has 1 aromatic carbocycles. The van der Waals surface area contributed by atoms with Crippen molar-refractivity contribution >= 4 is 5.97 Å². The first-order chi connectivity index (χ1) is 7.56. The number of benzene rings is 1. The van der Waals surface area contributed by atoms with Crippen molar-refractivity contribution in [2.24, 2.45) is 0 Å². The van der Waals surface area contributed by atoms with Gasteiger partial charge in [0.15, 0.2) is 0 Å². The van der Waals surface area contributed by atoms with Gasteiger partial charge in [-0.15, -0.1) is 6.58 Å². The van der Waals surface area contributed by atoms with Gasteiger partial charge in [0.25, 0.3) is 0 Å². The third-order valence-electron chi connectivity index (χ3n) is 2.46. The lowest BCUT2D eigenvalue weighted by Gasteiger charge is -2.16. The Hall–Kier alpha value is -1.61. The largest absolute Gasteiger partial charge is 0.480 e. The molecule has 86 valence electrons. The topological polar surface area (TPSA) is 49.3 Å². The summed E-state index contributed by atoms with van der Waals surface area (Å²) in [7, 11) is 0. The van der Waals surface area contributed by atoms with E-state index in [9.17, 15) is 9.90 Å². The number of carbonyl (C=O) groups is 1. The molecule has 16 heavy (non-hydrogen) atoms. The summed E-state index contributed by atoms with van der Waals surface area (Å²) in [6.07, 6.45) is 1.65. The van der Waals surface area contributed by atoms with Gasteiger partial charge in [0.1, 0.15) is 6.04 Å². The number of hydrogen-bond donors (Lipinski definition) is 2. The van der Waals surface area contributed by atoms with Gasteiger partial charge < -0.3 is 5.11 Å². The average molecular weight is 219 g/mol. The van der Waals surface area contributed by atoms with Crippen molar-refractivity contribution in [3.8, 4) is 0 Å². The number of aryl methyl sites for hydroxylation is 2. The summed E-state index contributed by atoms with van der Waals surface area (Å²) >= 11 is 0. The average Bonchev–Trinajstić information content (AvgIpc) is 2.23. The summed E-state index contributed by atoms with van der Waals surface area (Å²) in [5.74, 6) is -0.865. The van der Waals surface area contributed by atoms with Crippen LogP contribution >= 0.6 is 0 Å². The minimum Gasteiger partial charge on any atom is -0.480 e. The molecule has 1 rings (SSSR count). The maximum atomic E-state index is 11.2. The molecule has 0 aliphatic carbocycles. The van der Waals surface area contributed by atoms with Crippen molar-refractivity contribution in [3.05, 3.63) is 47.5 Å². The monoisotopic (exact) mass is 219 g/mol. The lowest BCUT2D eigenvalue weighted by Crippen LogP contribution is -2.29. The minimum absolute atomic E-state index is 0.477. The first kappa shape index (κ1) is 12.5. The lowest BCUT2D eigenvalue weighted by atomic mass is 9.99. The first-order valence-corrected chi connectivity index (χ1v) is 5.20. The Balaban J connectivity index is 3.04. The molecule has 0 aliphatic heterocycles. The standard InChI is InChI=1S/C13H17NO2/c1-4-7-14-12(13(15)16)11-8-9(2)5-6-10(11)3/h4-6,8,12,14H,1,7H2,2-3H3,(H,15,16). The first-order valence-electron chi connectivity index (χ1n) is 5.20. The summed E-state index contributed by atoms with van der Waals surface area (Å²) < 4.78 is 0. The highest BCUT2D eigenvalue weighted by molar-refractivity contribution is 5.76. The van der Waals surface area contributed by atoms with Crippen LogP contribution in [0.15, 0.2) is 30.9 Å². The van der Waals surface area contributed by atoms with Crippen molar-refractivity contribution in [2.45, 2.75) is 19.9 Å². The fraction of sp³-hybridized carbons (Fsp3) is 0.308. The second kappa shape index (κ2) is 5.47.